The van der Waals surface area contributed by atoms with Crippen molar-refractivity contribution >= 4 is 21.8 Å². The van der Waals surface area contributed by atoms with Gasteiger partial charge in [0.25, 0.3) is 0 Å². The number of piperidine rings is 1. The number of benzene rings is 2. The van der Waals surface area contributed by atoms with Gasteiger partial charge in [-0.15, -0.1) is 0 Å². The summed E-state index contributed by atoms with van der Waals surface area (Å²) in [5.74, 6) is 1.11. The Balaban J connectivity index is 1.17. The Labute approximate surface area is 195 Å². The smallest absolute Gasteiger partial charge is 0.241 e. The number of hydrogen-bond acceptors (Lipinski definition) is 5. The summed E-state index contributed by atoms with van der Waals surface area (Å²) in [5, 5.41) is 7.13. The predicted molar refractivity (Wildman–Crippen MR) is 123 cm³/mol. The molecule has 2 heterocycles. The van der Waals surface area contributed by atoms with E-state index in [0.29, 0.717) is 24.8 Å². The van der Waals surface area contributed by atoms with Crippen LogP contribution in [0.5, 0.6) is 0 Å². The van der Waals surface area contributed by atoms with E-state index in [1.54, 1.807) is 12.1 Å². The summed E-state index contributed by atoms with van der Waals surface area (Å²) in [6.07, 6.45) is 3.30. The fourth-order valence-corrected chi connectivity index (χ4v) is 4.14. The third-order valence-corrected chi connectivity index (χ3v) is 6.27. The molecular weight excluding hydrogens is 475 g/mol. The van der Waals surface area contributed by atoms with Gasteiger partial charge in [-0.1, -0.05) is 33.2 Å². The van der Waals surface area contributed by atoms with Crippen LogP contribution in [0.2, 0.25) is 0 Å². The van der Waals surface area contributed by atoms with E-state index in [-0.39, 0.29) is 17.6 Å². The van der Waals surface area contributed by atoms with Crippen LogP contribution < -0.4 is 5.32 Å². The lowest BCUT2D eigenvalue weighted by Gasteiger charge is -2.30. The Hall–Kier alpha value is -2.58. The van der Waals surface area contributed by atoms with Gasteiger partial charge in [0, 0.05) is 22.5 Å². The maximum atomic E-state index is 12.9. The van der Waals surface area contributed by atoms with E-state index in [2.05, 4.69) is 36.3 Å². The van der Waals surface area contributed by atoms with Crippen LogP contribution in [-0.2, 0) is 17.8 Å². The minimum Gasteiger partial charge on any atom is -0.356 e. The average Bonchev–Trinajstić information content (AvgIpc) is 3.27. The highest BCUT2D eigenvalue weighted by molar-refractivity contribution is 9.10. The molecular formula is C24H26BrFN4O2. The zero-order valence-electron chi connectivity index (χ0n) is 17.8. The molecule has 0 unspecified atom stereocenters. The largest absolute Gasteiger partial charge is 0.356 e. The van der Waals surface area contributed by atoms with Crippen LogP contribution in [0.4, 0.5) is 4.39 Å². The van der Waals surface area contributed by atoms with Crippen molar-refractivity contribution in [3.05, 3.63) is 70.3 Å². The van der Waals surface area contributed by atoms with Crippen LogP contribution in [0.25, 0.3) is 11.4 Å². The van der Waals surface area contributed by atoms with Crippen LogP contribution in [-0.4, -0.2) is 40.6 Å². The number of carbonyl (C=O) groups is 1. The minimum atomic E-state index is -0.225. The van der Waals surface area contributed by atoms with Crippen molar-refractivity contribution in [2.45, 2.75) is 32.2 Å². The molecule has 3 aromatic rings. The SMILES string of the molecule is O=C(NCCCc1ccc(F)cc1)C1CCN(Cc2nc(-c3ccc(Br)cc3)no2)CC1. The van der Waals surface area contributed by atoms with Crippen LogP contribution >= 0.6 is 15.9 Å². The van der Waals surface area contributed by atoms with Gasteiger partial charge in [-0.05, 0) is 80.7 Å². The molecule has 2 aromatic carbocycles. The van der Waals surface area contributed by atoms with Gasteiger partial charge < -0.3 is 9.84 Å². The number of aromatic nitrogens is 2. The lowest BCUT2D eigenvalue weighted by Crippen LogP contribution is -2.40. The van der Waals surface area contributed by atoms with Gasteiger partial charge in [0.2, 0.25) is 17.6 Å². The third kappa shape index (κ3) is 6.23. The maximum Gasteiger partial charge on any atom is 0.241 e. The Morgan fingerprint density at radius 1 is 1.12 bits per heavy atom. The first kappa shape index (κ1) is 22.6. The van der Waals surface area contributed by atoms with E-state index in [4.69, 9.17) is 4.52 Å². The first-order chi connectivity index (χ1) is 15.6. The molecule has 1 aliphatic heterocycles. The third-order valence-electron chi connectivity index (χ3n) is 5.74. The Morgan fingerprint density at radius 2 is 1.84 bits per heavy atom. The number of nitrogens with one attached hydrogen (secondary N) is 1. The number of carbonyl (C=O) groups excluding carboxylic acids is 1. The number of amides is 1. The van der Waals surface area contributed by atoms with Crippen LogP contribution in [0.15, 0.2) is 57.5 Å². The number of likely N-dealkylation sites (tertiary alicyclic amines) is 1. The molecule has 0 atom stereocenters. The van der Waals surface area contributed by atoms with E-state index < -0.39 is 0 Å². The van der Waals surface area contributed by atoms with Gasteiger partial charge in [-0.2, -0.15) is 4.98 Å². The van der Waals surface area contributed by atoms with Crippen molar-refractivity contribution in [3.8, 4) is 11.4 Å². The van der Waals surface area contributed by atoms with Crippen molar-refractivity contribution in [1.82, 2.24) is 20.4 Å². The number of hydrogen-bond donors (Lipinski definition) is 1. The molecule has 1 saturated heterocycles. The highest BCUT2D eigenvalue weighted by atomic mass is 79.9. The van der Waals surface area contributed by atoms with Crippen molar-refractivity contribution in [2.24, 2.45) is 5.92 Å². The topological polar surface area (TPSA) is 71.3 Å². The van der Waals surface area contributed by atoms with Crippen LogP contribution in [0.1, 0.15) is 30.7 Å². The fourth-order valence-electron chi connectivity index (χ4n) is 3.88. The first-order valence-electron chi connectivity index (χ1n) is 10.9. The molecule has 1 fully saturated rings. The fraction of sp³-hybridized carbons (Fsp3) is 0.375. The summed E-state index contributed by atoms with van der Waals surface area (Å²) in [7, 11) is 0. The second-order valence-corrected chi connectivity index (χ2v) is 9.01. The molecule has 0 radical (unpaired) electrons. The second kappa shape index (κ2) is 10.8. The highest BCUT2D eigenvalue weighted by Crippen LogP contribution is 2.22. The number of halogens is 2. The lowest BCUT2D eigenvalue weighted by atomic mass is 9.96. The van der Waals surface area contributed by atoms with E-state index >= 15 is 0 Å². The summed E-state index contributed by atoms with van der Waals surface area (Å²) < 4.78 is 19.4. The lowest BCUT2D eigenvalue weighted by molar-refractivity contribution is -0.126. The zero-order chi connectivity index (χ0) is 22.3. The molecule has 1 N–H and O–H groups in total. The maximum absolute atomic E-state index is 12.9. The zero-order valence-corrected chi connectivity index (χ0v) is 19.4. The van der Waals surface area contributed by atoms with E-state index in [1.807, 2.05) is 24.3 Å². The predicted octanol–water partition coefficient (Wildman–Crippen LogP) is 4.60. The first-order valence-corrected chi connectivity index (χ1v) is 11.7. The van der Waals surface area contributed by atoms with Crippen LogP contribution in [0.3, 0.4) is 0 Å². The van der Waals surface area contributed by atoms with Gasteiger partial charge in [0.15, 0.2) is 0 Å². The number of aryl methyl sites for hydroxylation is 1. The molecule has 6 nitrogen and oxygen atoms in total. The molecule has 0 spiro atoms. The minimum absolute atomic E-state index is 0.0399. The average molecular weight is 501 g/mol. The molecule has 1 aliphatic rings. The van der Waals surface area contributed by atoms with Gasteiger partial charge in [0.1, 0.15) is 5.82 Å². The van der Waals surface area contributed by atoms with Crippen molar-refractivity contribution in [3.63, 3.8) is 0 Å². The molecule has 1 aromatic heterocycles. The summed E-state index contributed by atoms with van der Waals surface area (Å²) in [4.78, 5) is 19.2. The van der Waals surface area contributed by atoms with Gasteiger partial charge in [-0.25, -0.2) is 4.39 Å². The summed E-state index contributed by atoms with van der Waals surface area (Å²) in [6.45, 7) is 2.88. The molecule has 0 saturated carbocycles. The Morgan fingerprint density at radius 3 is 2.56 bits per heavy atom. The Bertz CT molecular complexity index is 1020. The van der Waals surface area contributed by atoms with E-state index in [9.17, 15) is 9.18 Å². The Kier molecular flexibility index (Phi) is 7.65. The normalized spacial score (nSPS) is 15.1. The van der Waals surface area contributed by atoms with Crippen molar-refractivity contribution in [2.75, 3.05) is 19.6 Å². The number of rotatable bonds is 8. The molecule has 0 bridgehead atoms. The quantitative estimate of drug-likeness (QED) is 0.457. The summed E-state index contributed by atoms with van der Waals surface area (Å²) >= 11 is 3.42. The van der Waals surface area contributed by atoms with E-state index in [1.165, 1.54) is 12.1 Å². The summed E-state index contributed by atoms with van der Waals surface area (Å²) in [6, 6.07) is 14.3. The monoisotopic (exact) mass is 500 g/mol. The van der Waals surface area contributed by atoms with E-state index in [0.717, 1.165) is 54.4 Å². The molecule has 1 amide bonds. The molecule has 0 aliphatic carbocycles. The van der Waals surface area contributed by atoms with Crippen molar-refractivity contribution in [1.29, 1.82) is 0 Å². The highest BCUT2D eigenvalue weighted by Gasteiger charge is 2.25. The van der Waals surface area contributed by atoms with Gasteiger partial charge in [-0.3, -0.25) is 9.69 Å². The molecule has 8 heteroatoms. The molecule has 4 rings (SSSR count). The van der Waals surface area contributed by atoms with Gasteiger partial charge >= 0.3 is 0 Å². The van der Waals surface area contributed by atoms with Crippen LogP contribution in [0, 0.1) is 11.7 Å². The molecule has 32 heavy (non-hydrogen) atoms. The standard InChI is InChI=1S/C24H26BrFN4O2/c25-20-7-5-18(6-8-20)23-28-22(32-29-23)16-30-14-11-19(12-15-30)24(31)27-13-1-2-17-3-9-21(26)10-4-17/h3-10,19H,1-2,11-16H2,(H,27,31). The van der Waals surface area contributed by atoms with Crippen molar-refractivity contribution < 1.29 is 13.7 Å². The van der Waals surface area contributed by atoms with Gasteiger partial charge in [0.05, 0.1) is 6.54 Å². The number of nitrogens with zero attached hydrogens (tertiary/aromatic N) is 3. The summed E-state index contributed by atoms with van der Waals surface area (Å²) in [5.41, 5.74) is 2.00. The molecule has 168 valence electrons. The second-order valence-electron chi connectivity index (χ2n) is 8.09.